The Morgan fingerprint density at radius 3 is 2.71 bits per heavy atom. The van der Waals surface area contributed by atoms with Gasteiger partial charge in [-0.2, -0.15) is 0 Å². The van der Waals surface area contributed by atoms with E-state index in [9.17, 15) is 4.79 Å². The molecule has 0 saturated carbocycles. The van der Waals surface area contributed by atoms with Gasteiger partial charge in [0, 0.05) is 23.6 Å². The monoisotopic (exact) mass is 299 g/mol. The van der Waals surface area contributed by atoms with Crippen molar-refractivity contribution in [2.75, 3.05) is 0 Å². The Labute approximate surface area is 125 Å². The fourth-order valence-corrected chi connectivity index (χ4v) is 2.36. The van der Waals surface area contributed by atoms with Crippen LogP contribution in [0.15, 0.2) is 45.7 Å². The zero-order valence-corrected chi connectivity index (χ0v) is 12.4. The Hall–Kier alpha value is -2.47. The van der Waals surface area contributed by atoms with E-state index >= 15 is 0 Å². The molecule has 3 rings (SSSR count). The van der Waals surface area contributed by atoms with E-state index in [1.165, 1.54) is 0 Å². The summed E-state index contributed by atoms with van der Waals surface area (Å²) >= 11 is 4.86. The number of aryl methyl sites for hydroxylation is 2. The van der Waals surface area contributed by atoms with Gasteiger partial charge in [-0.25, -0.2) is 5.10 Å². The summed E-state index contributed by atoms with van der Waals surface area (Å²) in [6.07, 6.45) is 1.73. The van der Waals surface area contributed by atoms with Crippen LogP contribution < -0.4 is 5.43 Å². The molecule has 6 heteroatoms. The molecule has 0 aliphatic heterocycles. The van der Waals surface area contributed by atoms with Crippen LogP contribution in [0.25, 0.3) is 17.1 Å². The Balaban J connectivity index is 2.26. The minimum absolute atomic E-state index is 0.146. The largest absolute Gasteiger partial charge is 0.409 e. The third-order valence-corrected chi connectivity index (χ3v) is 3.46. The molecule has 1 aromatic carbocycles. The zero-order chi connectivity index (χ0) is 15.0. The maximum Gasteiger partial charge on any atom is 0.284 e. The molecule has 0 aliphatic carbocycles. The topological polar surface area (TPSA) is 63.8 Å². The molecule has 0 fully saturated rings. The van der Waals surface area contributed by atoms with Gasteiger partial charge in [-0.3, -0.25) is 4.79 Å². The molecule has 106 valence electrons. The van der Waals surface area contributed by atoms with Gasteiger partial charge in [0.15, 0.2) is 5.43 Å². The standard InChI is InChI=1S/C15H13N3O2S/c1-9-5-3-4-6-12(9)18-8-11(13(19)7-10(18)2)14-16-17-15(21)20-14/h3-8H,1-2H3,(H,17,21). The van der Waals surface area contributed by atoms with Gasteiger partial charge >= 0.3 is 0 Å². The second-order valence-electron chi connectivity index (χ2n) is 4.77. The van der Waals surface area contributed by atoms with Crippen molar-refractivity contribution >= 4 is 12.2 Å². The van der Waals surface area contributed by atoms with Crippen LogP contribution in [0.1, 0.15) is 11.3 Å². The van der Waals surface area contributed by atoms with Crippen molar-refractivity contribution in [1.29, 1.82) is 0 Å². The predicted octanol–water partition coefficient (Wildman–Crippen LogP) is 3.17. The number of pyridine rings is 1. The van der Waals surface area contributed by atoms with E-state index in [4.69, 9.17) is 16.6 Å². The molecule has 2 heterocycles. The van der Waals surface area contributed by atoms with Crippen molar-refractivity contribution in [3.05, 3.63) is 62.8 Å². The number of hydrogen-bond acceptors (Lipinski definition) is 4. The molecule has 0 bridgehead atoms. The molecule has 3 aromatic rings. The normalized spacial score (nSPS) is 10.8. The van der Waals surface area contributed by atoms with Gasteiger partial charge in [-0.1, -0.05) is 18.2 Å². The number of nitrogens with one attached hydrogen (secondary N) is 1. The number of nitrogens with zero attached hydrogens (tertiary/aromatic N) is 2. The van der Waals surface area contributed by atoms with Crippen LogP contribution in [0.2, 0.25) is 0 Å². The van der Waals surface area contributed by atoms with Crippen molar-refractivity contribution in [1.82, 2.24) is 14.8 Å². The number of benzene rings is 1. The van der Waals surface area contributed by atoms with Crippen LogP contribution in [0, 0.1) is 18.7 Å². The van der Waals surface area contributed by atoms with Gasteiger partial charge in [-0.05, 0) is 37.7 Å². The van der Waals surface area contributed by atoms with Crippen LogP contribution in [-0.4, -0.2) is 14.8 Å². The molecule has 2 aromatic heterocycles. The lowest BCUT2D eigenvalue weighted by Crippen LogP contribution is -2.12. The number of para-hydroxylation sites is 1. The highest BCUT2D eigenvalue weighted by Gasteiger charge is 2.12. The van der Waals surface area contributed by atoms with Gasteiger partial charge in [0.25, 0.3) is 10.7 Å². The van der Waals surface area contributed by atoms with Crippen LogP contribution in [0.3, 0.4) is 0 Å². The molecule has 0 spiro atoms. The molecule has 0 atom stereocenters. The highest BCUT2D eigenvalue weighted by Crippen LogP contribution is 2.19. The summed E-state index contributed by atoms with van der Waals surface area (Å²) in [7, 11) is 0. The van der Waals surface area contributed by atoms with Gasteiger partial charge in [0.1, 0.15) is 5.56 Å². The minimum Gasteiger partial charge on any atom is -0.409 e. The van der Waals surface area contributed by atoms with Crippen LogP contribution in [0.4, 0.5) is 0 Å². The van der Waals surface area contributed by atoms with E-state index in [-0.39, 0.29) is 16.2 Å². The molecule has 0 radical (unpaired) electrons. The Kier molecular flexibility index (Phi) is 3.31. The SMILES string of the molecule is Cc1ccccc1-n1cc(-c2n[nH]c(=S)o2)c(=O)cc1C. The lowest BCUT2D eigenvalue weighted by molar-refractivity contribution is 0.551. The first-order valence-electron chi connectivity index (χ1n) is 6.41. The van der Waals surface area contributed by atoms with E-state index in [0.717, 1.165) is 16.9 Å². The molecule has 21 heavy (non-hydrogen) atoms. The summed E-state index contributed by atoms with van der Waals surface area (Å²) in [4.78, 5) is 12.3. The highest BCUT2D eigenvalue weighted by molar-refractivity contribution is 7.71. The zero-order valence-electron chi connectivity index (χ0n) is 11.6. The molecule has 0 saturated heterocycles. The lowest BCUT2D eigenvalue weighted by atomic mass is 10.1. The van der Waals surface area contributed by atoms with Crippen molar-refractivity contribution in [2.24, 2.45) is 0 Å². The number of H-pyrrole nitrogens is 1. The quantitative estimate of drug-likeness (QED) is 0.738. The van der Waals surface area contributed by atoms with E-state index in [1.807, 2.05) is 42.7 Å². The van der Waals surface area contributed by atoms with Crippen molar-refractivity contribution in [3.63, 3.8) is 0 Å². The van der Waals surface area contributed by atoms with E-state index in [0.29, 0.717) is 5.56 Å². The van der Waals surface area contributed by atoms with E-state index in [2.05, 4.69) is 10.2 Å². The number of aromatic amines is 1. The van der Waals surface area contributed by atoms with Gasteiger partial charge < -0.3 is 8.98 Å². The summed E-state index contributed by atoms with van der Waals surface area (Å²) in [5, 5.41) is 6.45. The molecular weight excluding hydrogens is 286 g/mol. The highest BCUT2D eigenvalue weighted by atomic mass is 32.1. The molecule has 5 nitrogen and oxygen atoms in total. The summed E-state index contributed by atoms with van der Waals surface area (Å²) in [5.74, 6) is 0.201. The van der Waals surface area contributed by atoms with Gasteiger partial charge in [-0.15, -0.1) is 5.10 Å². The van der Waals surface area contributed by atoms with Gasteiger partial charge in [0.05, 0.1) is 0 Å². The van der Waals surface area contributed by atoms with Crippen molar-refractivity contribution < 1.29 is 4.42 Å². The Bertz CT molecular complexity index is 921. The smallest absolute Gasteiger partial charge is 0.284 e. The third kappa shape index (κ3) is 2.45. The van der Waals surface area contributed by atoms with Crippen LogP contribution in [0.5, 0.6) is 0 Å². The fraction of sp³-hybridized carbons (Fsp3) is 0.133. The first kappa shape index (κ1) is 13.5. The second-order valence-corrected chi connectivity index (χ2v) is 5.14. The van der Waals surface area contributed by atoms with Crippen LogP contribution >= 0.6 is 12.2 Å². The molecule has 0 unspecified atom stereocenters. The molecule has 0 aliphatic rings. The summed E-state index contributed by atoms with van der Waals surface area (Å²) in [6, 6.07) is 9.52. The molecule has 1 N–H and O–H groups in total. The van der Waals surface area contributed by atoms with Crippen molar-refractivity contribution in [2.45, 2.75) is 13.8 Å². The Morgan fingerprint density at radius 1 is 1.29 bits per heavy atom. The fourth-order valence-electron chi connectivity index (χ4n) is 2.23. The van der Waals surface area contributed by atoms with E-state index < -0.39 is 0 Å². The summed E-state index contributed by atoms with van der Waals surface area (Å²) < 4.78 is 7.19. The summed E-state index contributed by atoms with van der Waals surface area (Å²) in [5.41, 5.74) is 3.18. The predicted molar refractivity (Wildman–Crippen MR) is 82.2 cm³/mol. The number of rotatable bonds is 2. The second kappa shape index (κ2) is 5.14. The minimum atomic E-state index is -0.150. The molecule has 0 amide bonds. The lowest BCUT2D eigenvalue weighted by Gasteiger charge is -2.14. The molecular formula is C15H13N3O2S. The van der Waals surface area contributed by atoms with Crippen molar-refractivity contribution in [3.8, 4) is 17.1 Å². The number of aromatic nitrogens is 3. The van der Waals surface area contributed by atoms with E-state index in [1.54, 1.807) is 12.3 Å². The average molecular weight is 299 g/mol. The summed E-state index contributed by atoms with van der Waals surface area (Å²) in [6.45, 7) is 3.91. The Morgan fingerprint density at radius 2 is 2.05 bits per heavy atom. The van der Waals surface area contributed by atoms with Crippen LogP contribution in [-0.2, 0) is 0 Å². The third-order valence-electron chi connectivity index (χ3n) is 3.29. The first-order chi connectivity index (χ1) is 10.1. The first-order valence-corrected chi connectivity index (χ1v) is 6.82. The maximum atomic E-state index is 12.2. The van der Waals surface area contributed by atoms with Gasteiger partial charge in [0.2, 0.25) is 0 Å². The number of hydrogen-bond donors (Lipinski definition) is 1. The average Bonchev–Trinajstić information content (AvgIpc) is 2.86. The maximum absolute atomic E-state index is 12.2.